The highest BCUT2D eigenvalue weighted by atomic mass is 32.2. The normalized spacial score (nSPS) is 17.2. The molecule has 1 aromatic rings. The molecule has 2 rings (SSSR count). The van der Waals surface area contributed by atoms with E-state index < -0.39 is 45.1 Å². The van der Waals surface area contributed by atoms with Gasteiger partial charge in [0, 0.05) is 6.54 Å². The van der Waals surface area contributed by atoms with Gasteiger partial charge in [-0.3, -0.25) is 4.90 Å². The molecule has 0 bridgehead atoms. The van der Waals surface area contributed by atoms with Crippen LogP contribution in [-0.4, -0.2) is 49.6 Å². The van der Waals surface area contributed by atoms with Gasteiger partial charge in [0.1, 0.15) is 11.4 Å². The van der Waals surface area contributed by atoms with Crippen molar-refractivity contribution >= 4 is 22.2 Å². The van der Waals surface area contributed by atoms with Gasteiger partial charge in [0.05, 0.1) is 6.61 Å². The molecule has 1 aromatic carbocycles. The summed E-state index contributed by atoms with van der Waals surface area (Å²) in [4.78, 5) is 26.3. The Morgan fingerprint density at radius 2 is 1.83 bits per heavy atom. The number of alkyl halides is 3. The van der Waals surface area contributed by atoms with E-state index in [-0.39, 0.29) is 25.1 Å². The van der Waals surface area contributed by atoms with Crippen molar-refractivity contribution in [3.63, 3.8) is 0 Å². The first-order valence-electron chi connectivity index (χ1n) is 8.96. The molecule has 1 aliphatic rings. The van der Waals surface area contributed by atoms with E-state index in [1.54, 1.807) is 27.7 Å². The van der Waals surface area contributed by atoms with Gasteiger partial charge >= 0.3 is 27.7 Å². The molecule has 8 nitrogen and oxygen atoms in total. The second kappa shape index (κ2) is 8.32. The molecule has 0 aromatic heterocycles. The zero-order chi connectivity index (χ0) is 22.9. The van der Waals surface area contributed by atoms with Crippen LogP contribution in [0.25, 0.3) is 0 Å². The van der Waals surface area contributed by atoms with Gasteiger partial charge in [0.25, 0.3) is 0 Å². The Balaban J connectivity index is 2.41. The number of fused-ring (bicyclic) bond motifs is 1. The van der Waals surface area contributed by atoms with E-state index in [2.05, 4.69) is 4.18 Å². The number of hydrogen-bond acceptors (Lipinski definition) is 7. The van der Waals surface area contributed by atoms with E-state index in [4.69, 9.17) is 9.47 Å². The molecule has 1 atom stereocenters. The zero-order valence-corrected chi connectivity index (χ0v) is 17.6. The number of halogens is 3. The number of esters is 1. The van der Waals surface area contributed by atoms with Crippen molar-refractivity contribution in [1.82, 2.24) is 4.90 Å². The first-order valence-corrected chi connectivity index (χ1v) is 10.4. The molecule has 0 radical (unpaired) electrons. The topological polar surface area (TPSA) is 99.2 Å². The molecule has 0 aliphatic carbocycles. The minimum Gasteiger partial charge on any atom is -0.464 e. The summed E-state index contributed by atoms with van der Waals surface area (Å²) in [6.07, 6.45) is -0.625. The molecule has 12 heteroatoms. The summed E-state index contributed by atoms with van der Waals surface area (Å²) in [6, 6.07) is 2.11. The molecule has 0 saturated carbocycles. The average Bonchev–Trinajstić information content (AvgIpc) is 2.57. The quantitative estimate of drug-likeness (QED) is 0.392. The molecular formula is C18H22F3NO7S. The standard InChI is InChI=1S/C18H22F3NO7S/c1-5-27-15(23)14-13-7-6-12(29-30(25,26)18(19,20)21)10-11(13)8-9-22(14)16(24)28-17(2,3)4/h6-7,10,14H,5,8-9H2,1-4H3. The number of rotatable bonds is 4. The third-order valence-corrected chi connectivity index (χ3v) is 4.95. The summed E-state index contributed by atoms with van der Waals surface area (Å²) in [7, 11) is -5.84. The predicted molar refractivity (Wildman–Crippen MR) is 98.1 cm³/mol. The minimum atomic E-state index is -5.84. The van der Waals surface area contributed by atoms with Gasteiger partial charge in [-0.2, -0.15) is 21.6 Å². The molecule has 1 heterocycles. The fourth-order valence-corrected chi connectivity index (χ4v) is 3.27. The lowest BCUT2D eigenvalue weighted by Gasteiger charge is -2.36. The van der Waals surface area contributed by atoms with Crippen molar-refractivity contribution < 1.29 is 44.8 Å². The number of carbonyl (C=O) groups is 2. The Morgan fingerprint density at radius 3 is 2.37 bits per heavy atom. The van der Waals surface area contributed by atoms with Crippen molar-refractivity contribution in [2.45, 2.75) is 51.3 Å². The van der Waals surface area contributed by atoms with Crippen molar-refractivity contribution in [2.24, 2.45) is 0 Å². The van der Waals surface area contributed by atoms with E-state index in [0.29, 0.717) is 5.56 Å². The van der Waals surface area contributed by atoms with Crippen molar-refractivity contribution in [2.75, 3.05) is 13.2 Å². The van der Waals surface area contributed by atoms with Gasteiger partial charge in [0.15, 0.2) is 6.04 Å². The molecule has 1 unspecified atom stereocenters. The number of carbonyl (C=O) groups excluding carboxylic acids is 2. The van der Waals surface area contributed by atoms with E-state index >= 15 is 0 Å². The fourth-order valence-electron chi connectivity index (χ4n) is 2.82. The monoisotopic (exact) mass is 453 g/mol. The largest absolute Gasteiger partial charge is 0.534 e. The van der Waals surface area contributed by atoms with Crippen LogP contribution in [-0.2, 0) is 30.8 Å². The van der Waals surface area contributed by atoms with Crippen LogP contribution in [0.1, 0.15) is 44.9 Å². The molecule has 0 spiro atoms. The van der Waals surface area contributed by atoms with Crippen LogP contribution in [0.3, 0.4) is 0 Å². The van der Waals surface area contributed by atoms with Crippen LogP contribution in [0, 0.1) is 0 Å². The summed E-state index contributed by atoms with van der Waals surface area (Å²) < 4.78 is 74.6. The summed E-state index contributed by atoms with van der Waals surface area (Å²) in [5.74, 6) is -1.31. The molecular weight excluding hydrogens is 431 g/mol. The third kappa shape index (κ3) is 5.35. The maximum atomic E-state index is 12.6. The highest BCUT2D eigenvalue weighted by Crippen LogP contribution is 2.35. The smallest absolute Gasteiger partial charge is 0.464 e. The van der Waals surface area contributed by atoms with E-state index in [0.717, 1.165) is 12.1 Å². The molecule has 30 heavy (non-hydrogen) atoms. The van der Waals surface area contributed by atoms with Crippen LogP contribution in [0.5, 0.6) is 5.75 Å². The Labute approximate surface area is 172 Å². The Hall–Kier alpha value is -2.50. The van der Waals surface area contributed by atoms with Crippen LogP contribution >= 0.6 is 0 Å². The lowest BCUT2D eigenvalue weighted by Crippen LogP contribution is -2.46. The summed E-state index contributed by atoms with van der Waals surface area (Å²) >= 11 is 0. The lowest BCUT2D eigenvalue weighted by molar-refractivity contribution is -0.150. The van der Waals surface area contributed by atoms with Crippen molar-refractivity contribution in [3.05, 3.63) is 29.3 Å². The van der Waals surface area contributed by atoms with Gasteiger partial charge < -0.3 is 13.7 Å². The van der Waals surface area contributed by atoms with Crippen molar-refractivity contribution in [3.8, 4) is 5.75 Å². The molecule has 0 fully saturated rings. The molecule has 0 N–H and O–H groups in total. The number of ether oxygens (including phenoxy) is 2. The first kappa shape index (κ1) is 23.8. The Bertz CT molecular complexity index is 923. The van der Waals surface area contributed by atoms with Crippen LogP contribution in [0.2, 0.25) is 0 Å². The Kier molecular flexibility index (Phi) is 6.60. The summed E-state index contributed by atoms with van der Waals surface area (Å²) in [5.41, 5.74) is -5.77. The predicted octanol–water partition coefficient (Wildman–Crippen LogP) is 3.31. The molecule has 1 amide bonds. The number of hydrogen-bond donors (Lipinski definition) is 0. The summed E-state index contributed by atoms with van der Waals surface area (Å²) in [6.45, 7) is 6.60. The second-order valence-electron chi connectivity index (χ2n) is 7.42. The minimum absolute atomic E-state index is 0.000862. The zero-order valence-electron chi connectivity index (χ0n) is 16.8. The number of benzene rings is 1. The second-order valence-corrected chi connectivity index (χ2v) is 8.96. The first-order chi connectivity index (χ1) is 13.7. The molecule has 168 valence electrons. The highest BCUT2D eigenvalue weighted by Gasteiger charge is 2.48. The Morgan fingerprint density at radius 1 is 1.20 bits per heavy atom. The third-order valence-electron chi connectivity index (χ3n) is 3.97. The highest BCUT2D eigenvalue weighted by molar-refractivity contribution is 7.88. The van der Waals surface area contributed by atoms with Crippen LogP contribution in [0.15, 0.2) is 18.2 Å². The number of nitrogens with zero attached hydrogens (tertiary/aromatic N) is 1. The van der Waals surface area contributed by atoms with Gasteiger partial charge in [-0.05, 0) is 57.4 Å². The lowest BCUT2D eigenvalue weighted by atomic mass is 9.92. The maximum absolute atomic E-state index is 12.6. The molecule has 0 saturated heterocycles. The number of amides is 1. The van der Waals surface area contributed by atoms with Gasteiger partial charge in [-0.1, -0.05) is 6.07 Å². The van der Waals surface area contributed by atoms with Gasteiger partial charge in [-0.25, -0.2) is 9.59 Å². The van der Waals surface area contributed by atoms with Gasteiger partial charge in [-0.15, -0.1) is 0 Å². The molecule has 1 aliphatic heterocycles. The van der Waals surface area contributed by atoms with E-state index in [9.17, 15) is 31.2 Å². The van der Waals surface area contributed by atoms with Crippen LogP contribution in [0.4, 0.5) is 18.0 Å². The SMILES string of the molecule is CCOC(=O)C1c2ccc(OS(=O)(=O)C(F)(F)F)cc2CCN1C(=O)OC(C)(C)C. The van der Waals surface area contributed by atoms with E-state index in [1.807, 2.05) is 0 Å². The van der Waals surface area contributed by atoms with Crippen LogP contribution < -0.4 is 4.18 Å². The summed E-state index contributed by atoms with van der Waals surface area (Å²) in [5, 5.41) is 0. The maximum Gasteiger partial charge on any atom is 0.534 e. The van der Waals surface area contributed by atoms with E-state index in [1.165, 1.54) is 11.0 Å². The van der Waals surface area contributed by atoms with Crippen molar-refractivity contribution in [1.29, 1.82) is 0 Å². The fraction of sp³-hybridized carbons (Fsp3) is 0.556. The van der Waals surface area contributed by atoms with Gasteiger partial charge in [0.2, 0.25) is 0 Å². The average molecular weight is 453 g/mol.